The van der Waals surface area contributed by atoms with Crippen LogP contribution < -0.4 is 15.0 Å². The quantitative estimate of drug-likeness (QED) is 0.819. The Morgan fingerprint density at radius 1 is 1.17 bits per heavy atom. The summed E-state index contributed by atoms with van der Waals surface area (Å²) in [5.74, 6) is 1.51. The molecule has 124 valence electrons. The molecule has 3 aliphatic rings. The molecule has 2 aromatic carbocycles. The zero-order valence-corrected chi connectivity index (χ0v) is 14.7. The number of hydrogen-bond acceptors (Lipinski definition) is 3. The summed E-state index contributed by atoms with van der Waals surface area (Å²) in [6.07, 6.45) is 1.19. The van der Waals surface area contributed by atoms with Crippen molar-refractivity contribution in [3.8, 4) is 16.9 Å². The van der Waals surface area contributed by atoms with Gasteiger partial charge >= 0.3 is 0 Å². The molecule has 0 aliphatic carbocycles. The van der Waals surface area contributed by atoms with Gasteiger partial charge in [0.1, 0.15) is 12.4 Å². The van der Waals surface area contributed by atoms with E-state index in [-0.39, 0.29) is 0 Å². The van der Waals surface area contributed by atoms with Gasteiger partial charge in [0.05, 0.1) is 12.2 Å². The fourth-order valence-electron chi connectivity index (χ4n) is 4.44. The summed E-state index contributed by atoms with van der Waals surface area (Å²) in [5.41, 5.74) is 4.73. The summed E-state index contributed by atoms with van der Waals surface area (Å²) in [4.78, 5) is 2.56. The molecule has 5 heteroatoms. The van der Waals surface area contributed by atoms with Crippen molar-refractivity contribution in [3.05, 3.63) is 45.9 Å². The Morgan fingerprint density at radius 2 is 2.08 bits per heavy atom. The van der Waals surface area contributed by atoms with E-state index in [1.54, 1.807) is 0 Å². The van der Waals surface area contributed by atoms with E-state index in [9.17, 15) is 0 Å². The summed E-state index contributed by atoms with van der Waals surface area (Å²) < 4.78 is 6.01. The minimum absolute atomic E-state index is 0.520. The number of halogens is 2. The molecule has 1 fully saturated rings. The van der Waals surface area contributed by atoms with E-state index in [0.29, 0.717) is 17.0 Å². The molecule has 5 rings (SSSR count). The number of hydrogen-bond donors (Lipinski definition) is 1. The average molecular weight is 361 g/mol. The number of nitrogens with zero attached hydrogens (tertiary/aromatic N) is 1. The van der Waals surface area contributed by atoms with Crippen LogP contribution in [0, 0.1) is 0 Å². The SMILES string of the molecule is Clc1ccc(Cl)c(-c2cc3c4c(c2)[C@@H]2CNCC[C@@H]2N4CCO3)c1. The second-order valence-electron chi connectivity index (χ2n) is 6.74. The van der Waals surface area contributed by atoms with Crippen LogP contribution in [-0.2, 0) is 0 Å². The highest BCUT2D eigenvalue weighted by atomic mass is 35.5. The van der Waals surface area contributed by atoms with Crippen molar-refractivity contribution in [2.45, 2.75) is 18.4 Å². The molecule has 2 atom stereocenters. The summed E-state index contributed by atoms with van der Waals surface area (Å²) in [7, 11) is 0. The van der Waals surface area contributed by atoms with Gasteiger partial charge in [0.25, 0.3) is 0 Å². The monoisotopic (exact) mass is 360 g/mol. The number of anilines is 1. The lowest BCUT2D eigenvalue weighted by molar-refractivity contribution is 0.295. The number of fused-ring (bicyclic) bond motifs is 3. The van der Waals surface area contributed by atoms with Crippen LogP contribution in [-0.4, -0.2) is 32.3 Å². The molecule has 0 unspecified atom stereocenters. The van der Waals surface area contributed by atoms with Crippen LogP contribution in [0.15, 0.2) is 30.3 Å². The molecule has 0 bridgehead atoms. The Bertz CT molecular complexity index is 823. The topological polar surface area (TPSA) is 24.5 Å². The van der Waals surface area contributed by atoms with Crippen LogP contribution in [0.5, 0.6) is 5.75 Å². The fraction of sp³-hybridized carbons (Fsp3) is 0.368. The molecule has 1 N–H and O–H groups in total. The lowest BCUT2D eigenvalue weighted by Gasteiger charge is -2.36. The predicted octanol–water partition coefficient (Wildman–Crippen LogP) is 4.32. The minimum Gasteiger partial charge on any atom is -0.490 e. The normalized spacial score (nSPS) is 24.3. The molecule has 2 aromatic rings. The fourth-order valence-corrected chi connectivity index (χ4v) is 4.83. The Hall–Kier alpha value is -1.42. The molecule has 3 nitrogen and oxygen atoms in total. The van der Waals surface area contributed by atoms with Gasteiger partial charge in [0.15, 0.2) is 0 Å². The van der Waals surface area contributed by atoms with Crippen molar-refractivity contribution in [1.82, 2.24) is 5.32 Å². The largest absolute Gasteiger partial charge is 0.490 e. The second kappa shape index (κ2) is 5.55. The van der Waals surface area contributed by atoms with Crippen molar-refractivity contribution in [2.75, 3.05) is 31.1 Å². The molecule has 1 saturated heterocycles. The van der Waals surface area contributed by atoms with Crippen LogP contribution in [0.25, 0.3) is 11.1 Å². The van der Waals surface area contributed by atoms with Gasteiger partial charge in [-0.1, -0.05) is 23.2 Å². The highest BCUT2D eigenvalue weighted by Gasteiger charge is 2.43. The predicted molar refractivity (Wildman–Crippen MR) is 98.8 cm³/mol. The Kier molecular flexibility index (Phi) is 3.44. The van der Waals surface area contributed by atoms with Crippen molar-refractivity contribution >= 4 is 28.9 Å². The number of piperidine rings is 1. The Balaban J connectivity index is 1.70. The van der Waals surface area contributed by atoms with Crippen LogP contribution in [0.1, 0.15) is 17.9 Å². The highest BCUT2D eigenvalue weighted by Crippen LogP contribution is 2.51. The molecule has 3 heterocycles. The van der Waals surface area contributed by atoms with Gasteiger partial charge in [-0.15, -0.1) is 0 Å². The zero-order chi connectivity index (χ0) is 16.3. The van der Waals surface area contributed by atoms with Crippen LogP contribution in [0.3, 0.4) is 0 Å². The third-order valence-corrected chi connectivity index (χ3v) is 6.03. The van der Waals surface area contributed by atoms with E-state index in [4.69, 9.17) is 27.9 Å². The molecule has 0 spiro atoms. The van der Waals surface area contributed by atoms with Gasteiger partial charge in [-0.05, 0) is 54.4 Å². The zero-order valence-electron chi connectivity index (χ0n) is 13.2. The van der Waals surface area contributed by atoms with Gasteiger partial charge in [-0.2, -0.15) is 0 Å². The molecule has 0 aromatic heterocycles. The summed E-state index contributed by atoms with van der Waals surface area (Å²) in [6.45, 7) is 3.85. The lowest BCUT2D eigenvalue weighted by Crippen LogP contribution is -2.46. The molecular weight excluding hydrogens is 343 g/mol. The molecular formula is C19H18Cl2N2O. The van der Waals surface area contributed by atoms with E-state index in [0.717, 1.165) is 48.1 Å². The molecule has 24 heavy (non-hydrogen) atoms. The van der Waals surface area contributed by atoms with Crippen LogP contribution in [0.2, 0.25) is 10.0 Å². The first-order chi connectivity index (χ1) is 11.7. The highest BCUT2D eigenvalue weighted by molar-refractivity contribution is 6.35. The van der Waals surface area contributed by atoms with Gasteiger partial charge in [0.2, 0.25) is 0 Å². The minimum atomic E-state index is 0.520. The maximum Gasteiger partial charge on any atom is 0.143 e. The molecule has 0 radical (unpaired) electrons. The molecule has 3 aliphatic heterocycles. The number of ether oxygens (including phenoxy) is 1. The maximum atomic E-state index is 6.44. The Labute approximate surface area is 151 Å². The van der Waals surface area contributed by atoms with Gasteiger partial charge in [-0.3, -0.25) is 0 Å². The van der Waals surface area contributed by atoms with Crippen LogP contribution in [0.4, 0.5) is 5.69 Å². The van der Waals surface area contributed by atoms with Crippen LogP contribution >= 0.6 is 23.2 Å². The van der Waals surface area contributed by atoms with Gasteiger partial charge < -0.3 is 15.0 Å². The van der Waals surface area contributed by atoms with E-state index < -0.39 is 0 Å². The first-order valence-electron chi connectivity index (χ1n) is 8.46. The van der Waals surface area contributed by atoms with E-state index in [1.165, 1.54) is 17.7 Å². The van der Waals surface area contributed by atoms with Crippen molar-refractivity contribution in [3.63, 3.8) is 0 Å². The number of nitrogens with one attached hydrogen (secondary N) is 1. The summed E-state index contributed by atoms with van der Waals surface area (Å²) >= 11 is 12.6. The van der Waals surface area contributed by atoms with E-state index in [2.05, 4.69) is 22.3 Å². The smallest absolute Gasteiger partial charge is 0.143 e. The first kappa shape index (κ1) is 14.9. The van der Waals surface area contributed by atoms with Crippen molar-refractivity contribution in [2.24, 2.45) is 0 Å². The number of rotatable bonds is 1. The Morgan fingerprint density at radius 3 is 3.00 bits per heavy atom. The standard InChI is InChI=1S/C19H18Cl2N2O/c20-12-1-2-16(21)13(9-12)11-7-14-15-10-22-4-3-17(15)23-5-6-24-18(8-11)19(14)23/h1-2,7-9,15,17,22H,3-6,10H2/t15-,17-/m0/s1. The lowest BCUT2D eigenvalue weighted by atomic mass is 9.88. The van der Waals surface area contributed by atoms with Crippen molar-refractivity contribution < 1.29 is 4.74 Å². The van der Waals surface area contributed by atoms with Gasteiger partial charge in [-0.25, -0.2) is 0 Å². The molecule has 0 amide bonds. The summed E-state index contributed by atoms with van der Waals surface area (Å²) in [6, 6.07) is 10.6. The first-order valence-corrected chi connectivity index (χ1v) is 9.21. The van der Waals surface area contributed by atoms with Crippen molar-refractivity contribution in [1.29, 1.82) is 0 Å². The van der Waals surface area contributed by atoms with E-state index >= 15 is 0 Å². The van der Waals surface area contributed by atoms with Gasteiger partial charge in [0, 0.05) is 34.1 Å². The van der Waals surface area contributed by atoms with E-state index in [1.807, 2.05) is 18.2 Å². The second-order valence-corrected chi connectivity index (χ2v) is 7.59. The number of benzene rings is 2. The average Bonchev–Trinajstić information content (AvgIpc) is 2.93. The molecule has 0 saturated carbocycles. The third kappa shape index (κ3) is 2.15. The maximum absolute atomic E-state index is 6.44. The third-order valence-electron chi connectivity index (χ3n) is 5.47. The summed E-state index contributed by atoms with van der Waals surface area (Å²) in [5, 5.41) is 4.96.